The van der Waals surface area contributed by atoms with Gasteiger partial charge < -0.3 is 15.2 Å². The number of nitrogens with two attached hydrogens (primary N) is 1. The minimum Gasteiger partial charge on any atom is -0.461 e. The molecule has 0 saturated carbocycles. The number of carbonyl (C=O) groups excluding carboxylic acids is 1. The molecule has 0 radical (unpaired) electrons. The molecule has 1 aliphatic heterocycles. The third kappa shape index (κ3) is 3.21. The van der Waals surface area contributed by atoms with Gasteiger partial charge in [0.15, 0.2) is 5.76 Å². The molecule has 1 saturated heterocycles. The van der Waals surface area contributed by atoms with E-state index in [1.807, 2.05) is 4.90 Å². The fourth-order valence-electron chi connectivity index (χ4n) is 3.06. The highest BCUT2D eigenvalue weighted by atomic mass is 32.2. The van der Waals surface area contributed by atoms with Crippen molar-refractivity contribution in [2.45, 2.75) is 50.4 Å². The zero-order valence-electron chi connectivity index (χ0n) is 13.3. The first-order valence-electron chi connectivity index (χ1n) is 7.76. The van der Waals surface area contributed by atoms with E-state index in [1.165, 1.54) is 22.9 Å². The van der Waals surface area contributed by atoms with Crippen LogP contribution in [0.1, 0.15) is 33.1 Å². The Kier molecular flexibility index (Phi) is 4.61. The normalized spacial score (nSPS) is 21.6. The molecule has 3 heterocycles. The number of amides is 1. The lowest BCUT2D eigenvalue weighted by Crippen LogP contribution is -2.48. The summed E-state index contributed by atoms with van der Waals surface area (Å²) in [6.07, 6.45) is 4.87. The second kappa shape index (κ2) is 6.66. The maximum absolute atomic E-state index is 12.5. The maximum atomic E-state index is 12.5. The topological polar surface area (TPSA) is 90.2 Å². The van der Waals surface area contributed by atoms with Crippen molar-refractivity contribution < 1.29 is 9.21 Å². The van der Waals surface area contributed by atoms with Gasteiger partial charge in [-0.3, -0.25) is 4.79 Å². The Bertz CT molecular complexity index is 659. The first-order chi connectivity index (χ1) is 11.1. The SMILES string of the molecule is CC1CCCC(C)N1C(=O)CSc1nnc(-c2ccco2)n1N. The summed E-state index contributed by atoms with van der Waals surface area (Å²) in [6, 6.07) is 4.12. The van der Waals surface area contributed by atoms with Crippen LogP contribution in [0.2, 0.25) is 0 Å². The van der Waals surface area contributed by atoms with E-state index in [2.05, 4.69) is 24.0 Å². The van der Waals surface area contributed by atoms with Gasteiger partial charge in [-0.15, -0.1) is 10.2 Å². The number of aromatic nitrogens is 3. The molecule has 2 unspecified atom stereocenters. The molecule has 0 aromatic carbocycles. The molecule has 8 heteroatoms. The molecule has 2 aromatic rings. The third-order valence-corrected chi connectivity index (χ3v) is 5.14. The van der Waals surface area contributed by atoms with E-state index >= 15 is 0 Å². The molecule has 1 fully saturated rings. The highest BCUT2D eigenvalue weighted by Crippen LogP contribution is 2.26. The zero-order chi connectivity index (χ0) is 16.4. The van der Waals surface area contributed by atoms with Gasteiger partial charge in [-0.1, -0.05) is 11.8 Å². The first kappa shape index (κ1) is 15.9. The van der Waals surface area contributed by atoms with Crippen LogP contribution in [0.25, 0.3) is 11.6 Å². The summed E-state index contributed by atoms with van der Waals surface area (Å²) in [5.41, 5.74) is 0. The number of hydrogen-bond acceptors (Lipinski definition) is 6. The molecule has 0 aliphatic carbocycles. The summed E-state index contributed by atoms with van der Waals surface area (Å²) in [7, 11) is 0. The van der Waals surface area contributed by atoms with Crippen molar-refractivity contribution in [2.24, 2.45) is 0 Å². The average molecular weight is 335 g/mol. The highest BCUT2D eigenvalue weighted by Gasteiger charge is 2.29. The van der Waals surface area contributed by atoms with E-state index < -0.39 is 0 Å². The van der Waals surface area contributed by atoms with Gasteiger partial charge >= 0.3 is 0 Å². The van der Waals surface area contributed by atoms with Crippen LogP contribution in [0, 0.1) is 0 Å². The van der Waals surface area contributed by atoms with E-state index in [4.69, 9.17) is 10.3 Å². The third-order valence-electron chi connectivity index (χ3n) is 4.21. The Morgan fingerprint density at radius 2 is 2.13 bits per heavy atom. The number of piperidine rings is 1. The predicted octanol–water partition coefficient (Wildman–Crippen LogP) is 2.13. The molecule has 23 heavy (non-hydrogen) atoms. The number of furan rings is 1. The van der Waals surface area contributed by atoms with Crippen molar-refractivity contribution in [3.05, 3.63) is 18.4 Å². The highest BCUT2D eigenvalue weighted by molar-refractivity contribution is 7.99. The molecule has 1 aliphatic rings. The van der Waals surface area contributed by atoms with Crippen LogP contribution >= 0.6 is 11.8 Å². The maximum Gasteiger partial charge on any atom is 0.233 e. The van der Waals surface area contributed by atoms with E-state index in [0.717, 1.165) is 12.8 Å². The zero-order valence-corrected chi connectivity index (χ0v) is 14.1. The predicted molar refractivity (Wildman–Crippen MR) is 88.2 cm³/mol. The van der Waals surface area contributed by atoms with E-state index in [1.54, 1.807) is 18.4 Å². The number of hydrogen-bond donors (Lipinski definition) is 1. The smallest absolute Gasteiger partial charge is 0.233 e. The molecule has 0 spiro atoms. The molecule has 2 aromatic heterocycles. The van der Waals surface area contributed by atoms with Crippen molar-refractivity contribution in [2.75, 3.05) is 11.6 Å². The minimum absolute atomic E-state index is 0.122. The van der Waals surface area contributed by atoms with Crippen LogP contribution < -0.4 is 5.84 Å². The summed E-state index contributed by atoms with van der Waals surface area (Å²) in [4.78, 5) is 14.5. The van der Waals surface area contributed by atoms with Crippen molar-refractivity contribution in [1.82, 2.24) is 19.8 Å². The van der Waals surface area contributed by atoms with Gasteiger partial charge in [-0.2, -0.15) is 0 Å². The van der Waals surface area contributed by atoms with Gasteiger partial charge in [-0.05, 0) is 45.2 Å². The van der Waals surface area contributed by atoms with E-state index in [-0.39, 0.29) is 5.91 Å². The number of nitrogen functional groups attached to an aromatic ring is 1. The molecular weight excluding hydrogens is 314 g/mol. The number of rotatable bonds is 4. The summed E-state index contributed by atoms with van der Waals surface area (Å²) in [6.45, 7) is 4.22. The first-order valence-corrected chi connectivity index (χ1v) is 8.75. The molecule has 0 bridgehead atoms. The van der Waals surface area contributed by atoms with Gasteiger partial charge in [0.2, 0.25) is 16.9 Å². The number of nitrogens with zero attached hydrogens (tertiary/aromatic N) is 4. The molecule has 1 amide bonds. The van der Waals surface area contributed by atoms with Crippen LogP contribution in [0.5, 0.6) is 0 Å². The molecular formula is C15H21N5O2S. The van der Waals surface area contributed by atoms with E-state index in [9.17, 15) is 4.79 Å². The van der Waals surface area contributed by atoms with Crippen LogP contribution in [0.15, 0.2) is 28.0 Å². The van der Waals surface area contributed by atoms with Crippen LogP contribution in [0.3, 0.4) is 0 Å². The lowest BCUT2D eigenvalue weighted by atomic mass is 9.98. The van der Waals surface area contributed by atoms with Gasteiger partial charge in [0.05, 0.1) is 12.0 Å². The van der Waals surface area contributed by atoms with E-state index in [0.29, 0.717) is 34.6 Å². The quantitative estimate of drug-likeness (QED) is 0.680. The standard InChI is InChI=1S/C15H21N5O2S/c1-10-5-3-6-11(2)19(10)13(21)9-23-15-18-17-14(20(15)16)12-7-4-8-22-12/h4,7-8,10-11H,3,5-6,9,16H2,1-2H3. The van der Waals surface area contributed by atoms with Crippen LogP contribution in [-0.4, -0.2) is 43.5 Å². The van der Waals surface area contributed by atoms with Gasteiger partial charge in [-0.25, -0.2) is 4.68 Å². The number of likely N-dealkylation sites (tertiary alicyclic amines) is 1. The fraction of sp³-hybridized carbons (Fsp3) is 0.533. The molecule has 2 atom stereocenters. The minimum atomic E-state index is 0.122. The van der Waals surface area contributed by atoms with Gasteiger partial charge in [0, 0.05) is 12.1 Å². The Morgan fingerprint density at radius 1 is 1.39 bits per heavy atom. The Labute approximate surface area is 139 Å². The fourth-order valence-corrected chi connectivity index (χ4v) is 3.79. The van der Waals surface area contributed by atoms with Crippen molar-refractivity contribution in [3.8, 4) is 11.6 Å². The van der Waals surface area contributed by atoms with Crippen molar-refractivity contribution in [3.63, 3.8) is 0 Å². The van der Waals surface area contributed by atoms with Gasteiger partial charge in [0.25, 0.3) is 0 Å². The summed E-state index contributed by atoms with van der Waals surface area (Å²) in [5, 5.41) is 8.58. The number of carbonyl (C=O) groups is 1. The molecule has 3 rings (SSSR count). The van der Waals surface area contributed by atoms with Crippen LogP contribution in [-0.2, 0) is 4.79 Å². The summed E-state index contributed by atoms with van der Waals surface area (Å²) < 4.78 is 6.64. The second-order valence-corrected chi connectivity index (χ2v) is 6.81. The summed E-state index contributed by atoms with van der Waals surface area (Å²) in [5.74, 6) is 7.43. The molecule has 124 valence electrons. The Balaban J connectivity index is 1.65. The lowest BCUT2D eigenvalue weighted by Gasteiger charge is -2.39. The Morgan fingerprint density at radius 3 is 2.78 bits per heavy atom. The summed E-state index contributed by atoms with van der Waals surface area (Å²) >= 11 is 1.30. The Hall–Kier alpha value is -1.96. The van der Waals surface area contributed by atoms with Crippen molar-refractivity contribution in [1.29, 1.82) is 0 Å². The number of thioether (sulfide) groups is 1. The monoisotopic (exact) mass is 335 g/mol. The van der Waals surface area contributed by atoms with Gasteiger partial charge in [0.1, 0.15) is 0 Å². The molecule has 2 N–H and O–H groups in total. The van der Waals surface area contributed by atoms with Crippen LogP contribution in [0.4, 0.5) is 0 Å². The lowest BCUT2D eigenvalue weighted by molar-refractivity contribution is -0.134. The second-order valence-electron chi connectivity index (χ2n) is 5.87. The largest absolute Gasteiger partial charge is 0.461 e. The van der Waals surface area contributed by atoms with Crippen molar-refractivity contribution >= 4 is 17.7 Å². The average Bonchev–Trinajstić information content (AvgIpc) is 3.14. The molecule has 7 nitrogen and oxygen atoms in total.